The lowest BCUT2D eigenvalue weighted by Gasteiger charge is -2.15. The smallest absolute Gasteiger partial charge is 0.250 e. The van der Waals surface area contributed by atoms with E-state index in [1.165, 1.54) is 17.4 Å². The van der Waals surface area contributed by atoms with Gasteiger partial charge in [0.2, 0.25) is 5.91 Å². The maximum absolute atomic E-state index is 12.1. The first-order valence-corrected chi connectivity index (χ1v) is 8.37. The first-order chi connectivity index (χ1) is 11.8. The van der Waals surface area contributed by atoms with Crippen molar-refractivity contribution in [1.29, 1.82) is 0 Å². The summed E-state index contributed by atoms with van der Waals surface area (Å²) >= 11 is 1.45. The van der Waals surface area contributed by atoms with Crippen LogP contribution in [0.3, 0.4) is 0 Å². The predicted octanol–water partition coefficient (Wildman–Crippen LogP) is 4.35. The number of fused-ring (bicyclic) bond motifs is 3. The Kier molecular flexibility index (Phi) is 3.84. The molecule has 24 heavy (non-hydrogen) atoms. The van der Waals surface area contributed by atoms with Crippen molar-refractivity contribution >= 4 is 28.5 Å². The largest absolute Gasteiger partial charge is 0.487 e. The number of anilines is 1. The third-order valence-corrected chi connectivity index (χ3v) is 4.60. The number of hydrogen-bond acceptors (Lipinski definition) is 4. The standard InChI is InChI=1S/C19H14N2O2S/c22-17(11-10-13-6-2-1-3-7-13)20-19-21-18-14-8-4-5-9-15(14)23-12-16(18)24-19/h1-11H,12H2,(H,20,21,22). The van der Waals surface area contributed by atoms with Crippen molar-refractivity contribution in [2.45, 2.75) is 6.61 Å². The van der Waals surface area contributed by atoms with Gasteiger partial charge in [-0.3, -0.25) is 10.1 Å². The highest BCUT2D eigenvalue weighted by Crippen LogP contribution is 2.40. The van der Waals surface area contributed by atoms with E-state index in [0.29, 0.717) is 11.7 Å². The van der Waals surface area contributed by atoms with Gasteiger partial charge >= 0.3 is 0 Å². The summed E-state index contributed by atoms with van der Waals surface area (Å²) in [7, 11) is 0. The maximum Gasteiger partial charge on any atom is 0.250 e. The summed E-state index contributed by atoms with van der Waals surface area (Å²) in [6.07, 6.45) is 3.29. The summed E-state index contributed by atoms with van der Waals surface area (Å²) in [6.45, 7) is 0.486. The minimum atomic E-state index is -0.195. The number of thiazole rings is 1. The van der Waals surface area contributed by atoms with Crippen molar-refractivity contribution in [2.24, 2.45) is 0 Å². The van der Waals surface area contributed by atoms with Crippen LogP contribution in [0.1, 0.15) is 10.4 Å². The number of hydrogen-bond donors (Lipinski definition) is 1. The summed E-state index contributed by atoms with van der Waals surface area (Å²) in [5.74, 6) is 0.635. The number of carbonyl (C=O) groups is 1. The van der Waals surface area contributed by atoms with Crippen molar-refractivity contribution in [3.05, 3.63) is 71.1 Å². The zero-order valence-corrected chi connectivity index (χ0v) is 13.5. The second kappa shape index (κ2) is 6.29. The van der Waals surface area contributed by atoms with E-state index < -0.39 is 0 Å². The van der Waals surface area contributed by atoms with Gasteiger partial charge in [-0.1, -0.05) is 53.8 Å². The van der Waals surface area contributed by atoms with Gasteiger partial charge < -0.3 is 4.74 Å². The molecule has 1 N–H and O–H groups in total. The van der Waals surface area contributed by atoms with Crippen LogP contribution in [-0.4, -0.2) is 10.9 Å². The third kappa shape index (κ3) is 2.94. The zero-order valence-electron chi connectivity index (χ0n) is 12.7. The Morgan fingerprint density at radius 2 is 1.92 bits per heavy atom. The molecule has 2 heterocycles. The van der Waals surface area contributed by atoms with Crippen LogP contribution in [0.25, 0.3) is 17.3 Å². The van der Waals surface area contributed by atoms with Crippen molar-refractivity contribution in [2.75, 3.05) is 5.32 Å². The molecule has 4 rings (SSSR count). The van der Waals surface area contributed by atoms with Gasteiger partial charge in [0, 0.05) is 11.6 Å². The molecular weight excluding hydrogens is 320 g/mol. The molecule has 1 aromatic heterocycles. The Morgan fingerprint density at radius 3 is 2.79 bits per heavy atom. The van der Waals surface area contributed by atoms with E-state index in [-0.39, 0.29) is 5.91 Å². The molecule has 5 heteroatoms. The first-order valence-electron chi connectivity index (χ1n) is 7.55. The van der Waals surface area contributed by atoms with E-state index in [0.717, 1.165) is 27.4 Å². The number of rotatable bonds is 3. The van der Waals surface area contributed by atoms with Crippen LogP contribution in [0, 0.1) is 0 Å². The molecule has 3 aromatic rings. The molecular formula is C19H14N2O2S. The lowest BCUT2D eigenvalue weighted by Crippen LogP contribution is -2.07. The number of aromatic nitrogens is 1. The van der Waals surface area contributed by atoms with Crippen molar-refractivity contribution < 1.29 is 9.53 Å². The van der Waals surface area contributed by atoms with E-state index in [2.05, 4.69) is 10.3 Å². The number of benzene rings is 2. The number of carbonyl (C=O) groups excluding carboxylic acids is 1. The monoisotopic (exact) mass is 334 g/mol. The third-order valence-electron chi connectivity index (χ3n) is 3.66. The van der Waals surface area contributed by atoms with E-state index in [1.807, 2.05) is 54.6 Å². The fourth-order valence-corrected chi connectivity index (χ4v) is 3.42. The molecule has 0 unspecified atom stereocenters. The van der Waals surface area contributed by atoms with Crippen LogP contribution in [-0.2, 0) is 11.4 Å². The van der Waals surface area contributed by atoms with Gasteiger partial charge in [-0.15, -0.1) is 0 Å². The van der Waals surface area contributed by atoms with Crippen molar-refractivity contribution in [1.82, 2.24) is 4.98 Å². The van der Waals surface area contributed by atoms with Crippen LogP contribution in [0.2, 0.25) is 0 Å². The number of amides is 1. The molecule has 0 fully saturated rings. The molecule has 0 bridgehead atoms. The SMILES string of the molecule is O=C(C=Cc1ccccc1)Nc1nc2c(s1)COc1ccccc1-2. The molecule has 1 aliphatic rings. The number of nitrogens with zero attached hydrogens (tertiary/aromatic N) is 1. The summed E-state index contributed by atoms with van der Waals surface area (Å²) < 4.78 is 5.72. The van der Waals surface area contributed by atoms with Crippen LogP contribution in [0.4, 0.5) is 5.13 Å². The summed E-state index contributed by atoms with van der Waals surface area (Å²) in [4.78, 5) is 17.7. The quantitative estimate of drug-likeness (QED) is 0.724. The van der Waals surface area contributed by atoms with E-state index in [4.69, 9.17) is 4.74 Å². The van der Waals surface area contributed by atoms with Gasteiger partial charge in [-0.05, 0) is 23.8 Å². The molecule has 1 aliphatic heterocycles. The Hall–Kier alpha value is -2.92. The average Bonchev–Trinajstić information content (AvgIpc) is 3.04. The van der Waals surface area contributed by atoms with Gasteiger partial charge in [-0.25, -0.2) is 4.98 Å². The molecule has 0 aliphatic carbocycles. The summed E-state index contributed by atoms with van der Waals surface area (Å²) in [6, 6.07) is 17.5. The van der Waals surface area contributed by atoms with Crippen LogP contribution in [0.5, 0.6) is 5.75 Å². The highest BCUT2D eigenvalue weighted by atomic mass is 32.1. The molecule has 0 atom stereocenters. The second-order valence-electron chi connectivity index (χ2n) is 5.31. The van der Waals surface area contributed by atoms with Crippen LogP contribution in [0.15, 0.2) is 60.7 Å². The Bertz CT molecular complexity index is 916. The average molecular weight is 334 g/mol. The second-order valence-corrected chi connectivity index (χ2v) is 6.39. The van der Waals surface area contributed by atoms with Gasteiger partial charge in [-0.2, -0.15) is 0 Å². The number of para-hydroxylation sites is 1. The maximum atomic E-state index is 12.1. The van der Waals surface area contributed by atoms with Gasteiger partial charge in [0.1, 0.15) is 12.4 Å². The first kappa shape index (κ1) is 14.7. The lowest BCUT2D eigenvalue weighted by atomic mass is 10.1. The van der Waals surface area contributed by atoms with E-state index >= 15 is 0 Å². The van der Waals surface area contributed by atoms with E-state index in [1.54, 1.807) is 6.08 Å². The molecule has 2 aromatic carbocycles. The molecule has 4 nitrogen and oxygen atoms in total. The molecule has 0 saturated heterocycles. The van der Waals surface area contributed by atoms with Crippen molar-refractivity contribution in [3.63, 3.8) is 0 Å². The summed E-state index contributed by atoms with van der Waals surface area (Å²) in [5, 5.41) is 3.41. The fourth-order valence-electron chi connectivity index (χ4n) is 2.53. The topological polar surface area (TPSA) is 51.2 Å². The minimum Gasteiger partial charge on any atom is -0.487 e. The van der Waals surface area contributed by atoms with Crippen LogP contribution < -0.4 is 10.1 Å². The van der Waals surface area contributed by atoms with Crippen LogP contribution >= 0.6 is 11.3 Å². The Morgan fingerprint density at radius 1 is 1.12 bits per heavy atom. The highest BCUT2D eigenvalue weighted by molar-refractivity contribution is 7.16. The van der Waals surface area contributed by atoms with E-state index in [9.17, 15) is 4.79 Å². The molecule has 0 spiro atoms. The van der Waals surface area contributed by atoms with Gasteiger partial charge in [0.15, 0.2) is 5.13 Å². The zero-order chi connectivity index (χ0) is 16.4. The number of ether oxygens (including phenoxy) is 1. The highest BCUT2D eigenvalue weighted by Gasteiger charge is 2.21. The van der Waals surface area contributed by atoms with Crippen molar-refractivity contribution in [3.8, 4) is 17.0 Å². The number of nitrogens with one attached hydrogen (secondary N) is 1. The molecule has 1 amide bonds. The Labute approximate surface area is 143 Å². The predicted molar refractivity (Wildman–Crippen MR) is 96.0 cm³/mol. The minimum absolute atomic E-state index is 0.195. The molecule has 0 saturated carbocycles. The van der Waals surface area contributed by atoms with Gasteiger partial charge in [0.25, 0.3) is 0 Å². The van der Waals surface area contributed by atoms with Gasteiger partial charge in [0.05, 0.1) is 10.6 Å². The molecule has 0 radical (unpaired) electrons. The Balaban J connectivity index is 1.52. The normalized spacial score (nSPS) is 12.3. The molecule has 118 valence electrons. The lowest BCUT2D eigenvalue weighted by molar-refractivity contribution is -0.111. The summed E-state index contributed by atoms with van der Waals surface area (Å²) in [5.41, 5.74) is 2.84. The fraction of sp³-hybridized carbons (Fsp3) is 0.0526.